The predicted octanol–water partition coefficient (Wildman–Crippen LogP) is -0.851. The monoisotopic (exact) mass is 216 g/mol. The van der Waals surface area contributed by atoms with E-state index in [4.69, 9.17) is 18.9 Å². The highest BCUT2D eigenvalue weighted by Crippen LogP contribution is 2.42. The van der Waals surface area contributed by atoms with Gasteiger partial charge in [-0.1, -0.05) is 0 Å². The van der Waals surface area contributed by atoms with Crippen molar-refractivity contribution < 1.29 is 28.8 Å². The van der Waals surface area contributed by atoms with E-state index in [0.29, 0.717) is 0 Å². The van der Waals surface area contributed by atoms with Crippen molar-refractivity contribution in [2.75, 3.05) is 0 Å². The Hall–Kier alpha value is -0.690. The van der Waals surface area contributed by atoms with Crippen molar-refractivity contribution in [2.24, 2.45) is 0 Å². The Kier molecular flexibility index (Phi) is 1.72. The van der Waals surface area contributed by atoms with Crippen LogP contribution in [0.25, 0.3) is 0 Å². The Morgan fingerprint density at radius 3 is 2.67 bits per heavy atom. The maximum atomic E-state index is 11.1. The number of aliphatic hydroxyl groups excluding tert-OH is 1. The molecule has 3 aliphatic heterocycles. The zero-order valence-corrected chi connectivity index (χ0v) is 8.38. The second-order valence-corrected chi connectivity index (χ2v) is 4.42. The average Bonchev–Trinajstić information content (AvgIpc) is 2.66. The van der Waals surface area contributed by atoms with E-state index >= 15 is 0 Å². The average molecular weight is 216 g/mol. The van der Waals surface area contributed by atoms with E-state index in [1.54, 1.807) is 13.8 Å². The summed E-state index contributed by atoms with van der Waals surface area (Å²) in [6, 6.07) is 0. The first kappa shape index (κ1) is 9.53. The van der Waals surface area contributed by atoms with Crippen LogP contribution < -0.4 is 0 Å². The van der Waals surface area contributed by atoms with Crippen LogP contribution in [0.5, 0.6) is 0 Å². The van der Waals surface area contributed by atoms with Crippen molar-refractivity contribution in [3.05, 3.63) is 0 Å². The van der Waals surface area contributed by atoms with Crippen molar-refractivity contribution in [1.29, 1.82) is 0 Å². The fraction of sp³-hybridized carbons (Fsp3) is 0.889. The fourth-order valence-corrected chi connectivity index (χ4v) is 2.23. The van der Waals surface area contributed by atoms with Crippen LogP contribution in [-0.4, -0.2) is 47.6 Å². The van der Waals surface area contributed by atoms with Crippen molar-refractivity contribution in [2.45, 2.75) is 50.3 Å². The SMILES string of the molecule is CC1(C)OC2OC3C(O)C(=O)OC3C2O1. The molecule has 3 heterocycles. The molecule has 5 atom stereocenters. The molecule has 0 saturated carbocycles. The maximum absolute atomic E-state index is 11.1. The quantitative estimate of drug-likeness (QED) is 0.532. The molecule has 84 valence electrons. The molecular weight excluding hydrogens is 204 g/mol. The van der Waals surface area contributed by atoms with Crippen LogP contribution in [0, 0.1) is 0 Å². The summed E-state index contributed by atoms with van der Waals surface area (Å²) in [4.78, 5) is 11.1. The molecule has 0 aromatic rings. The lowest BCUT2D eigenvalue weighted by atomic mass is 10.1. The third kappa shape index (κ3) is 1.22. The van der Waals surface area contributed by atoms with Crippen molar-refractivity contribution in [3.8, 4) is 0 Å². The Labute approximate surface area is 86.1 Å². The van der Waals surface area contributed by atoms with Crippen molar-refractivity contribution in [3.63, 3.8) is 0 Å². The van der Waals surface area contributed by atoms with Crippen molar-refractivity contribution in [1.82, 2.24) is 0 Å². The smallest absolute Gasteiger partial charge is 0.338 e. The zero-order chi connectivity index (χ0) is 10.8. The third-order valence-electron chi connectivity index (χ3n) is 2.83. The van der Waals surface area contributed by atoms with Gasteiger partial charge < -0.3 is 24.1 Å². The number of hydrogen-bond donors (Lipinski definition) is 1. The molecule has 0 aromatic carbocycles. The van der Waals surface area contributed by atoms with Gasteiger partial charge in [0.15, 0.2) is 30.4 Å². The van der Waals surface area contributed by atoms with Crippen LogP contribution in [0.3, 0.4) is 0 Å². The summed E-state index contributed by atoms with van der Waals surface area (Å²) in [7, 11) is 0. The highest BCUT2D eigenvalue weighted by atomic mass is 16.8. The first-order valence-corrected chi connectivity index (χ1v) is 4.88. The molecule has 3 saturated heterocycles. The highest BCUT2D eigenvalue weighted by Gasteiger charge is 2.62. The van der Waals surface area contributed by atoms with E-state index in [1.165, 1.54) is 0 Å². The molecule has 5 unspecified atom stereocenters. The standard InChI is InChI=1S/C9H12O6/c1-9(2)14-6-5-4(13-8(6)15-9)3(10)7(11)12-5/h3-6,8,10H,1-2H3. The van der Waals surface area contributed by atoms with Gasteiger partial charge in [0, 0.05) is 0 Å². The summed E-state index contributed by atoms with van der Waals surface area (Å²) in [6.45, 7) is 3.52. The van der Waals surface area contributed by atoms with Gasteiger partial charge in [-0.15, -0.1) is 0 Å². The molecule has 3 fully saturated rings. The minimum atomic E-state index is -1.23. The first-order valence-electron chi connectivity index (χ1n) is 4.88. The topological polar surface area (TPSA) is 74.2 Å². The van der Waals surface area contributed by atoms with Crippen LogP contribution in [0.15, 0.2) is 0 Å². The van der Waals surface area contributed by atoms with Gasteiger partial charge in [0.2, 0.25) is 0 Å². The number of carbonyl (C=O) groups excluding carboxylic acids is 1. The zero-order valence-electron chi connectivity index (χ0n) is 8.38. The Morgan fingerprint density at radius 1 is 1.20 bits per heavy atom. The van der Waals surface area contributed by atoms with E-state index in [9.17, 15) is 9.90 Å². The minimum absolute atomic E-state index is 0.439. The van der Waals surface area contributed by atoms with Crippen molar-refractivity contribution >= 4 is 5.97 Å². The number of esters is 1. The van der Waals surface area contributed by atoms with Gasteiger partial charge in [0.1, 0.15) is 6.10 Å². The van der Waals surface area contributed by atoms with Gasteiger partial charge >= 0.3 is 5.97 Å². The molecule has 0 spiro atoms. The Bertz CT molecular complexity index is 314. The number of aliphatic hydroxyl groups is 1. The van der Waals surface area contributed by atoms with Gasteiger partial charge in [0.05, 0.1) is 0 Å². The van der Waals surface area contributed by atoms with E-state index in [0.717, 1.165) is 0 Å². The normalized spacial score (nSPS) is 51.4. The van der Waals surface area contributed by atoms with Gasteiger partial charge in [-0.2, -0.15) is 0 Å². The van der Waals surface area contributed by atoms with Gasteiger partial charge in [-0.25, -0.2) is 4.79 Å². The number of rotatable bonds is 0. The maximum Gasteiger partial charge on any atom is 0.338 e. The predicted molar refractivity (Wildman–Crippen MR) is 44.6 cm³/mol. The molecule has 0 amide bonds. The van der Waals surface area contributed by atoms with Gasteiger partial charge in [0.25, 0.3) is 0 Å². The number of fused-ring (bicyclic) bond motifs is 3. The lowest BCUT2D eigenvalue weighted by Crippen LogP contribution is -2.35. The minimum Gasteiger partial charge on any atom is -0.454 e. The Balaban J connectivity index is 1.83. The molecule has 6 heteroatoms. The summed E-state index contributed by atoms with van der Waals surface area (Å²) < 4.78 is 21.4. The fourth-order valence-electron chi connectivity index (χ4n) is 2.23. The molecule has 15 heavy (non-hydrogen) atoms. The summed E-state index contributed by atoms with van der Waals surface area (Å²) in [6.07, 6.45) is -3.44. The second kappa shape index (κ2) is 2.70. The molecule has 3 aliphatic rings. The highest BCUT2D eigenvalue weighted by molar-refractivity contribution is 5.78. The molecule has 6 nitrogen and oxygen atoms in total. The molecule has 0 radical (unpaired) electrons. The summed E-state index contributed by atoms with van der Waals surface area (Å²) in [5.41, 5.74) is 0. The molecule has 1 N–H and O–H groups in total. The third-order valence-corrected chi connectivity index (χ3v) is 2.83. The molecule has 3 rings (SSSR count). The summed E-state index contributed by atoms with van der Waals surface area (Å²) >= 11 is 0. The van der Waals surface area contributed by atoms with Crippen LogP contribution in [0.1, 0.15) is 13.8 Å². The van der Waals surface area contributed by atoms with E-state index in [1.807, 2.05) is 0 Å². The van der Waals surface area contributed by atoms with E-state index in [-0.39, 0.29) is 0 Å². The summed E-state index contributed by atoms with van der Waals surface area (Å²) in [5.74, 6) is -1.39. The van der Waals surface area contributed by atoms with Crippen LogP contribution >= 0.6 is 0 Å². The molecule has 0 aliphatic carbocycles. The number of carbonyl (C=O) groups is 1. The second-order valence-electron chi connectivity index (χ2n) is 4.42. The summed E-state index contributed by atoms with van der Waals surface area (Å²) in [5, 5.41) is 9.44. The lowest BCUT2D eigenvalue weighted by Gasteiger charge is -2.20. The van der Waals surface area contributed by atoms with E-state index in [2.05, 4.69) is 0 Å². The van der Waals surface area contributed by atoms with Gasteiger partial charge in [-0.05, 0) is 13.8 Å². The molecule has 0 aromatic heterocycles. The van der Waals surface area contributed by atoms with E-state index < -0.39 is 42.5 Å². The largest absolute Gasteiger partial charge is 0.454 e. The van der Waals surface area contributed by atoms with Crippen LogP contribution in [-0.2, 0) is 23.7 Å². The number of hydrogen-bond acceptors (Lipinski definition) is 6. The lowest BCUT2D eigenvalue weighted by molar-refractivity contribution is -0.214. The van der Waals surface area contributed by atoms with Crippen LogP contribution in [0.4, 0.5) is 0 Å². The van der Waals surface area contributed by atoms with Gasteiger partial charge in [-0.3, -0.25) is 0 Å². The Morgan fingerprint density at radius 2 is 1.93 bits per heavy atom. The molecule has 0 bridgehead atoms. The molecular formula is C9H12O6. The van der Waals surface area contributed by atoms with Crippen LogP contribution in [0.2, 0.25) is 0 Å². The number of ether oxygens (including phenoxy) is 4. The first-order chi connectivity index (χ1) is 6.98.